The third-order valence-electron chi connectivity index (χ3n) is 3.31. The van der Waals surface area contributed by atoms with E-state index in [1.807, 2.05) is 0 Å². The van der Waals surface area contributed by atoms with Gasteiger partial charge in [-0.1, -0.05) is 54.2 Å². The molecule has 2 aromatic carbocycles. The summed E-state index contributed by atoms with van der Waals surface area (Å²) in [5, 5.41) is 20.6. The van der Waals surface area contributed by atoms with E-state index in [2.05, 4.69) is 10.3 Å². The van der Waals surface area contributed by atoms with Crippen LogP contribution in [-0.4, -0.2) is 28.3 Å². The first-order chi connectivity index (χ1) is 12.1. The van der Waals surface area contributed by atoms with E-state index < -0.39 is 5.97 Å². The highest BCUT2D eigenvalue weighted by Gasteiger charge is 2.18. The zero-order valence-electron chi connectivity index (χ0n) is 13.4. The molecule has 0 bridgehead atoms. The van der Waals surface area contributed by atoms with E-state index in [0.717, 1.165) is 0 Å². The molecule has 25 heavy (non-hydrogen) atoms. The van der Waals surface area contributed by atoms with Crippen molar-refractivity contribution in [2.24, 2.45) is 4.99 Å². The Labute approximate surface area is 149 Å². The lowest BCUT2D eigenvalue weighted by molar-refractivity contribution is -0.136. The first-order valence-corrected chi connectivity index (χ1v) is 8.50. The molecule has 0 saturated carbocycles. The fourth-order valence-corrected chi connectivity index (χ4v) is 2.56. The largest absolute Gasteiger partial charge is 0.481 e. The summed E-state index contributed by atoms with van der Waals surface area (Å²) < 4.78 is 0. The number of amidine groups is 1. The Morgan fingerprint density at radius 2 is 1.92 bits per heavy atom. The quantitative estimate of drug-likeness (QED) is 0.282. The summed E-state index contributed by atoms with van der Waals surface area (Å²) in [6, 6.07) is 13.5. The van der Waals surface area contributed by atoms with Gasteiger partial charge in [0, 0.05) is 11.1 Å². The van der Waals surface area contributed by atoms with Crippen molar-refractivity contribution in [2.75, 3.05) is 6.26 Å². The van der Waals surface area contributed by atoms with Crippen LogP contribution in [0.5, 0.6) is 0 Å². The lowest BCUT2D eigenvalue weighted by Crippen LogP contribution is -2.14. The number of aliphatic carboxylic acids is 1. The van der Waals surface area contributed by atoms with Gasteiger partial charge in [0.15, 0.2) is 17.1 Å². The molecular formula is C18H15N3O3S. The Kier molecular flexibility index (Phi) is 6.32. The summed E-state index contributed by atoms with van der Waals surface area (Å²) >= 11 is 1.19. The first-order valence-electron chi connectivity index (χ1n) is 7.28. The Morgan fingerprint density at radius 3 is 2.52 bits per heavy atom. The maximum Gasteiger partial charge on any atom is 0.307 e. The molecule has 0 heterocycles. The normalized spacial score (nSPS) is 10.8. The minimum atomic E-state index is -1.03. The smallest absolute Gasteiger partial charge is 0.307 e. The van der Waals surface area contributed by atoms with Crippen LogP contribution < -0.4 is 5.32 Å². The fraction of sp³-hybridized carbons (Fsp3) is 0.111. The lowest BCUT2D eigenvalue weighted by Gasteiger charge is -2.11. The van der Waals surface area contributed by atoms with Gasteiger partial charge in [-0.2, -0.15) is 5.26 Å². The highest BCUT2D eigenvalue weighted by atomic mass is 32.2. The maximum absolute atomic E-state index is 12.8. The maximum atomic E-state index is 12.8. The molecule has 2 N–H and O–H groups in total. The van der Waals surface area contributed by atoms with Gasteiger partial charge in [-0.25, -0.2) is 4.99 Å². The molecule has 0 atom stereocenters. The monoisotopic (exact) mass is 353 g/mol. The van der Waals surface area contributed by atoms with E-state index in [1.165, 1.54) is 11.8 Å². The molecule has 0 amide bonds. The number of benzene rings is 2. The number of carbonyl (C=O) groups is 2. The van der Waals surface area contributed by atoms with Crippen LogP contribution in [0.15, 0.2) is 53.5 Å². The molecule has 0 aliphatic rings. The molecule has 2 aromatic rings. The van der Waals surface area contributed by atoms with Crippen LogP contribution in [0.4, 0.5) is 5.69 Å². The van der Waals surface area contributed by atoms with Gasteiger partial charge in [0.1, 0.15) is 0 Å². The van der Waals surface area contributed by atoms with Crippen molar-refractivity contribution in [3.8, 4) is 6.19 Å². The van der Waals surface area contributed by atoms with Gasteiger partial charge in [-0.15, -0.1) is 0 Å². The molecule has 0 aliphatic carbocycles. The average molecular weight is 353 g/mol. The molecule has 2 rings (SSSR count). The third-order valence-corrected chi connectivity index (χ3v) is 3.89. The summed E-state index contributed by atoms with van der Waals surface area (Å²) in [7, 11) is 0. The minimum absolute atomic E-state index is 0.255. The number of carboxylic acid groups (broad SMARTS) is 1. The average Bonchev–Trinajstić information content (AvgIpc) is 2.62. The second kappa shape index (κ2) is 8.66. The van der Waals surface area contributed by atoms with Gasteiger partial charge in [-0.05, 0) is 17.9 Å². The highest BCUT2D eigenvalue weighted by molar-refractivity contribution is 8.13. The van der Waals surface area contributed by atoms with Crippen molar-refractivity contribution in [3.05, 3.63) is 65.2 Å². The molecule has 0 unspecified atom stereocenters. The number of hydrogen-bond donors (Lipinski definition) is 2. The fourth-order valence-electron chi connectivity index (χ4n) is 2.23. The highest BCUT2D eigenvalue weighted by Crippen LogP contribution is 2.28. The number of carbonyl (C=O) groups excluding carboxylic acids is 1. The Morgan fingerprint density at radius 1 is 1.20 bits per heavy atom. The van der Waals surface area contributed by atoms with Crippen LogP contribution >= 0.6 is 11.8 Å². The van der Waals surface area contributed by atoms with E-state index in [0.29, 0.717) is 11.1 Å². The number of hydrogen-bond acceptors (Lipinski definition) is 5. The molecule has 7 heteroatoms. The number of aliphatic imine (C=N–C) groups is 1. The van der Waals surface area contributed by atoms with Gasteiger partial charge >= 0.3 is 5.97 Å². The number of para-hydroxylation sites is 1. The number of ketones is 1. The molecule has 0 spiro atoms. The van der Waals surface area contributed by atoms with Crippen LogP contribution in [-0.2, 0) is 11.2 Å². The van der Waals surface area contributed by atoms with Crippen LogP contribution in [0.2, 0.25) is 0 Å². The predicted molar refractivity (Wildman–Crippen MR) is 97.0 cm³/mol. The Hall–Kier alpha value is -3.11. The van der Waals surface area contributed by atoms with E-state index in [1.54, 1.807) is 61.0 Å². The Balaban J connectivity index is 2.61. The number of rotatable bonds is 5. The molecule has 0 saturated heterocycles. The zero-order chi connectivity index (χ0) is 18.2. The second-order valence-corrected chi connectivity index (χ2v) is 5.73. The zero-order valence-corrected chi connectivity index (χ0v) is 14.2. The number of thioether (sulfide) groups is 1. The summed E-state index contributed by atoms with van der Waals surface area (Å²) in [6.07, 6.45) is 3.23. The molecule has 6 nitrogen and oxygen atoms in total. The molecular weight excluding hydrogens is 338 g/mol. The molecule has 0 fully saturated rings. The van der Waals surface area contributed by atoms with Gasteiger partial charge in [0.2, 0.25) is 0 Å². The van der Waals surface area contributed by atoms with Crippen molar-refractivity contribution in [3.63, 3.8) is 0 Å². The lowest BCUT2D eigenvalue weighted by atomic mass is 9.97. The third kappa shape index (κ3) is 4.68. The standard InChI is InChI=1S/C18H15N3O3S/c1-25-18(20-11-19)21-16-13(10-15(22)23)8-5-9-14(16)17(24)12-6-3-2-4-7-12/h2-9H,10H2,1H3,(H,20,21)(H,22,23). The molecule has 0 aromatic heterocycles. The predicted octanol–water partition coefficient (Wildman–Crippen LogP) is 2.97. The molecule has 0 radical (unpaired) electrons. The number of nitrogens with one attached hydrogen (secondary N) is 1. The Bertz CT molecular complexity index is 858. The number of carboxylic acids is 1. The van der Waals surface area contributed by atoms with Crippen molar-refractivity contribution in [1.29, 1.82) is 5.26 Å². The van der Waals surface area contributed by atoms with Crippen LogP contribution in [0.1, 0.15) is 21.5 Å². The topological polar surface area (TPSA) is 103 Å². The van der Waals surface area contributed by atoms with Gasteiger partial charge in [-0.3, -0.25) is 14.9 Å². The van der Waals surface area contributed by atoms with E-state index in [9.17, 15) is 9.59 Å². The number of nitrogens with zero attached hydrogens (tertiary/aromatic N) is 2. The SMILES string of the molecule is CSC(=Nc1c(CC(=O)O)cccc1C(=O)c1ccccc1)NC#N. The van der Waals surface area contributed by atoms with E-state index in [4.69, 9.17) is 10.4 Å². The summed E-state index contributed by atoms with van der Waals surface area (Å²) in [5.41, 5.74) is 1.42. The van der Waals surface area contributed by atoms with Crippen LogP contribution in [0.3, 0.4) is 0 Å². The van der Waals surface area contributed by atoms with E-state index >= 15 is 0 Å². The minimum Gasteiger partial charge on any atom is -0.481 e. The van der Waals surface area contributed by atoms with Crippen molar-refractivity contribution < 1.29 is 14.7 Å². The molecule has 0 aliphatic heterocycles. The van der Waals surface area contributed by atoms with Gasteiger partial charge in [0.25, 0.3) is 0 Å². The van der Waals surface area contributed by atoms with Crippen molar-refractivity contribution in [1.82, 2.24) is 5.32 Å². The summed E-state index contributed by atoms with van der Waals surface area (Å²) in [5.74, 6) is -1.29. The van der Waals surface area contributed by atoms with Gasteiger partial charge < -0.3 is 5.11 Å². The second-order valence-electron chi connectivity index (χ2n) is 4.94. The van der Waals surface area contributed by atoms with E-state index in [-0.39, 0.29) is 28.6 Å². The van der Waals surface area contributed by atoms with Gasteiger partial charge in [0.05, 0.1) is 12.1 Å². The van der Waals surface area contributed by atoms with Crippen molar-refractivity contribution >= 4 is 34.4 Å². The first kappa shape index (κ1) is 18.2. The number of nitriles is 1. The van der Waals surface area contributed by atoms with Crippen LogP contribution in [0, 0.1) is 11.5 Å². The summed E-state index contributed by atoms with van der Waals surface area (Å²) in [4.78, 5) is 28.3. The molecule has 126 valence electrons. The van der Waals surface area contributed by atoms with Crippen molar-refractivity contribution in [2.45, 2.75) is 6.42 Å². The summed E-state index contributed by atoms with van der Waals surface area (Å²) in [6.45, 7) is 0. The van der Waals surface area contributed by atoms with Crippen LogP contribution in [0.25, 0.3) is 0 Å².